The number of amides is 1. The molecule has 0 bridgehead atoms. The van der Waals surface area contributed by atoms with Crippen molar-refractivity contribution in [2.45, 2.75) is 26.5 Å². The predicted molar refractivity (Wildman–Crippen MR) is 62.1 cm³/mol. The number of aryl methyl sites for hydroxylation is 1. The van der Waals surface area contributed by atoms with E-state index in [1.807, 2.05) is 0 Å². The molecule has 17 heavy (non-hydrogen) atoms. The summed E-state index contributed by atoms with van der Waals surface area (Å²) in [4.78, 5) is 26.9. The summed E-state index contributed by atoms with van der Waals surface area (Å²) in [5.74, 6) is -1.49. The average Bonchev–Trinajstić information content (AvgIpc) is 2.59. The van der Waals surface area contributed by atoms with Crippen LogP contribution in [-0.4, -0.2) is 35.1 Å². The number of nitrogens with one attached hydrogen (secondary N) is 1. The van der Waals surface area contributed by atoms with E-state index in [0.29, 0.717) is 22.2 Å². The molecule has 0 spiro atoms. The molecule has 1 heterocycles. The third kappa shape index (κ3) is 3.50. The lowest BCUT2D eigenvalue weighted by molar-refractivity contribution is -0.138. The van der Waals surface area contributed by atoms with Gasteiger partial charge in [-0.3, -0.25) is 9.59 Å². The van der Waals surface area contributed by atoms with Crippen LogP contribution < -0.4 is 5.32 Å². The zero-order valence-electron chi connectivity index (χ0n) is 9.81. The first kappa shape index (κ1) is 13.6. The van der Waals surface area contributed by atoms with Crippen molar-refractivity contribution in [2.24, 2.45) is 0 Å². The van der Waals surface area contributed by atoms with E-state index in [1.165, 1.54) is 18.3 Å². The minimum Gasteiger partial charge on any atom is -0.480 e. The highest BCUT2D eigenvalue weighted by molar-refractivity contribution is 7.13. The molecule has 0 saturated carbocycles. The number of carbonyl (C=O) groups excluding carboxylic acids is 1. The van der Waals surface area contributed by atoms with Crippen molar-refractivity contribution in [3.63, 3.8) is 0 Å². The number of ether oxygens (including phenoxy) is 1. The Bertz CT molecular complexity index is 430. The summed E-state index contributed by atoms with van der Waals surface area (Å²) >= 11 is 1.20. The van der Waals surface area contributed by atoms with Gasteiger partial charge < -0.3 is 15.2 Å². The largest absolute Gasteiger partial charge is 0.480 e. The maximum absolute atomic E-state index is 11.8. The van der Waals surface area contributed by atoms with E-state index in [4.69, 9.17) is 9.84 Å². The zero-order valence-corrected chi connectivity index (χ0v) is 10.6. The Balaban J connectivity index is 2.78. The summed E-state index contributed by atoms with van der Waals surface area (Å²) < 4.78 is 4.92. The second-order valence-corrected chi connectivity index (χ2v) is 4.57. The van der Waals surface area contributed by atoms with Crippen LogP contribution >= 0.6 is 11.3 Å². The van der Waals surface area contributed by atoms with Crippen LogP contribution in [0.5, 0.6) is 0 Å². The van der Waals surface area contributed by atoms with Crippen LogP contribution in [0.3, 0.4) is 0 Å². The molecular weight excluding hydrogens is 244 g/mol. The summed E-state index contributed by atoms with van der Waals surface area (Å²) in [5.41, 5.74) is 0.581. The lowest BCUT2D eigenvalue weighted by Crippen LogP contribution is -2.38. The van der Waals surface area contributed by atoms with Crippen molar-refractivity contribution in [3.05, 3.63) is 15.6 Å². The van der Waals surface area contributed by atoms with Gasteiger partial charge in [0.25, 0.3) is 5.91 Å². The lowest BCUT2D eigenvalue weighted by atomic mass is 10.3. The van der Waals surface area contributed by atoms with Crippen molar-refractivity contribution in [2.75, 3.05) is 7.11 Å². The molecule has 0 aliphatic heterocycles. The van der Waals surface area contributed by atoms with Gasteiger partial charge in [0.15, 0.2) is 0 Å². The molecule has 0 radical (unpaired) electrons. The molecule has 94 valence electrons. The van der Waals surface area contributed by atoms with Gasteiger partial charge in [0.05, 0.1) is 12.3 Å². The van der Waals surface area contributed by atoms with Crippen LogP contribution in [0.15, 0.2) is 0 Å². The van der Waals surface area contributed by atoms with E-state index in [9.17, 15) is 9.59 Å². The first-order valence-electron chi connectivity index (χ1n) is 4.94. The normalized spacial score (nSPS) is 12.2. The van der Waals surface area contributed by atoms with Gasteiger partial charge in [-0.05, 0) is 13.8 Å². The molecule has 1 rings (SSSR count). The summed E-state index contributed by atoms with van der Waals surface area (Å²) in [5, 5.41) is 11.8. The minimum atomic E-state index is -1.07. The van der Waals surface area contributed by atoms with Gasteiger partial charge in [0.1, 0.15) is 15.9 Å². The summed E-state index contributed by atoms with van der Waals surface area (Å²) in [6, 6.07) is -0.921. The Morgan fingerprint density at radius 1 is 1.59 bits per heavy atom. The van der Waals surface area contributed by atoms with Gasteiger partial charge >= 0.3 is 5.97 Å². The number of carboxylic acids is 1. The van der Waals surface area contributed by atoms with Crippen molar-refractivity contribution in [1.82, 2.24) is 10.3 Å². The number of carboxylic acid groups (broad SMARTS) is 1. The number of aromatic nitrogens is 1. The molecule has 0 saturated heterocycles. The standard InChI is InChI=1S/C10H14N2O4S/c1-5-8(17-7(11-5)4-16-3)9(13)12-6(2)10(14)15/h6H,4H2,1-3H3,(H,12,13)(H,14,15)/t6-/m0/s1. The topological polar surface area (TPSA) is 88.5 Å². The van der Waals surface area contributed by atoms with E-state index in [2.05, 4.69) is 10.3 Å². The molecule has 7 heteroatoms. The maximum atomic E-state index is 11.8. The smallest absolute Gasteiger partial charge is 0.325 e. The second-order valence-electron chi connectivity index (χ2n) is 3.49. The van der Waals surface area contributed by atoms with E-state index >= 15 is 0 Å². The van der Waals surface area contributed by atoms with E-state index in [-0.39, 0.29) is 0 Å². The number of nitrogens with zero attached hydrogens (tertiary/aromatic N) is 1. The fourth-order valence-electron chi connectivity index (χ4n) is 1.17. The third-order valence-corrected chi connectivity index (χ3v) is 3.16. The van der Waals surface area contributed by atoms with Gasteiger partial charge in [-0.15, -0.1) is 11.3 Å². The Morgan fingerprint density at radius 3 is 2.76 bits per heavy atom. The predicted octanol–water partition coefficient (Wildman–Crippen LogP) is 0.801. The van der Waals surface area contributed by atoms with E-state index in [0.717, 1.165) is 0 Å². The van der Waals surface area contributed by atoms with Crippen LogP contribution in [0.25, 0.3) is 0 Å². The fourth-order valence-corrected chi connectivity index (χ4v) is 2.11. The Labute approximate surface area is 103 Å². The van der Waals surface area contributed by atoms with Gasteiger partial charge in [-0.2, -0.15) is 0 Å². The Hall–Kier alpha value is -1.47. The molecule has 0 aliphatic carbocycles. The molecular formula is C10H14N2O4S. The van der Waals surface area contributed by atoms with Crippen molar-refractivity contribution < 1.29 is 19.4 Å². The molecule has 2 N–H and O–H groups in total. The number of hydrogen-bond donors (Lipinski definition) is 2. The summed E-state index contributed by atoms with van der Waals surface area (Å²) in [6.07, 6.45) is 0. The van der Waals surface area contributed by atoms with Crippen LogP contribution in [0.4, 0.5) is 0 Å². The Kier molecular flexibility index (Phi) is 4.59. The Morgan fingerprint density at radius 2 is 2.24 bits per heavy atom. The van der Waals surface area contributed by atoms with Gasteiger partial charge in [0.2, 0.25) is 0 Å². The highest BCUT2D eigenvalue weighted by Gasteiger charge is 2.19. The van der Waals surface area contributed by atoms with Crippen molar-refractivity contribution in [1.29, 1.82) is 0 Å². The molecule has 6 nitrogen and oxygen atoms in total. The summed E-state index contributed by atoms with van der Waals surface area (Å²) in [6.45, 7) is 3.45. The van der Waals surface area contributed by atoms with Crippen LogP contribution in [0.1, 0.15) is 27.3 Å². The first-order chi connectivity index (χ1) is 7.95. The van der Waals surface area contributed by atoms with Gasteiger partial charge in [0, 0.05) is 7.11 Å². The quantitative estimate of drug-likeness (QED) is 0.815. The average molecular weight is 258 g/mol. The summed E-state index contributed by atoms with van der Waals surface area (Å²) in [7, 11) is 1.54. The minimum absolute atomic E-state index is 0.341. The number of methoxy groups -OCH3 is 1. The van der Waals surface area contributed by atoms with Gasteiger partial charge in [-0.25, -0.2) is 4.98 Å². The number of thiazole rings is 1. The molecule has 1 aromatic heterocycles. The third-order valence-electron chi connectivity index (χ3n) is 2.03. The van der Waals surface area contributed by atoms with E-state index in [1.54, 1.807) is 14.0 Å². The monoisotopic (exact) mass is 258 g/mol. The molecule has 0 aliphatic rings. The SMILES string of the molecule is COCc1nc(C)c(C(=O)N[C@@H](C)C(=O)O)s1. The maximum Gasteiger partial charge on any atom is 0.325 e. The second kappa shape index (κ2) is 5.74. The fraction of sp³-hybridized carbons (Fsp3) is 0.500. The number of carbonyl (C=O) groups is 2. The highest BCUT2D eigenvalue weighted by atomic mass is 32.1. The van der Waals surface area contributed by atoms with Crippen LogP contribution in [0, 0.1) is 6.92 Å². The van der Waals surface area contributed by atoms with Crippen molar-refractivity contribution >= 4 is 23.2 Å². The zero-order chi connectivity index (χ0) is 13.0. The van der Waals surface area contributed by atoms with Crippen LogP contribution in [0.2, 0.25) is 0 Å². The highest BCUT2D eigenvalue weighted by Crippen LogP contribution is 2.18. The molecule has 0 fully saturated rings. The number of aliphatic carboxylic acids is 1. The first-order valence-corrected chi connectivity index (χ1v) is 5.76. The molecule has 1 atom stereocenters. The van der Waals surface area contributed by atoms with E-state index < -0.39 is 17.9 Å². The van der Waals surface area contributed by atoms with Crippen molar-refractivity contribution in [3.8, 4) is 0 Å². The van der Waals surface area contributed by atoms with Crippen LogP contribution in [-0.2, 0) is 16.1 Å². The lowest BCUT2D eigenvalue weighted by Gasteiger charge is -2.07. The molecule has 1 amide bonds. The molecule has 0 aromatic carbocycles. The number of rotatable bonds is 5. The number of hydrogen-bond acceptors (Lipinski definition) is 5. The molecule has 1 aromatic rings. The molecule has 0 unspecified atom stereocenters. The van der Waals surface area contributed by atoms with Gasteiger partial charge in [-0.1, -0.05) is 0 Å².